The van der Waals surface area contributed by atoms with Gasteiger partial charge in [-0.05, 0) is 68.8 Å². The van der Waals surface area contributed by atoms with E-state index >= 15 is 0 Å². The van der Waals surface area contributed by atoms with E-state index in [9.17, 15) is 0 Å². The van der Waals surface area contributed by atoms with Gasteiger partial charge in [0, 0.05) is 6.04 Å². The number of benzene rings is 1. The van der Waals surface area contributed by atoms with Crippen molar-refractivity contribution in [3.63, 3.8) is 0 Å². The molecule has 2 nitrogen and oxygen atoms in total. The van der Waals surface area contributed by atoms with Crippen LogP contribution in [0.15, 0.2) is 12.1 Å². The molecule has 118 valence electrons. The van der Waals surface area contributed by atoms with Crippen LogP contribution in [0.1, 0.15) is 55.7 Å². The summed E-state index contributed by atoms with van der Waals surface area (Å²) in [4.78, 5) is 0. The Balaban J connectivity index is 2.01. The predicted octanol–water partition coefficient (Wildman–Crippen LogP) is 4.55. The Hall–Kier alpha value is -1.02. The first-order valence-electron chi connectivity index (χ1n) is 8.55. The van der Waals surface area contributed by atoms with Crippen LogP contribution in [0.2, 0.25) is 0 Å². The first kappa shape index (κ1) is 16.4. The molecular formula is C19H31NO. The van der Waals surface area contributed by atoms with E-state index in [0.717, 1.165) is 24.8 Å². The SMILES string of the molecule is CCNC(COc1cc(C)cc(C)c1C)C1CCCCC1. The number of likely N-dealkylation sites (N-methyl/N-ethyl adjacent to an activating group) is 1. The molecule has 1 aromatic carbocycles. The van der Waals surface area contributed by atoms with Gasteiger partial charge in [0.2, 0.25) is 0 Å². The smallest absolute Gasteiger partial charge is 0.122 e. The van der Waals surface area contributed by atoms with Gasteiger partial charge in [-0.25, -0.2) is 0 Å². The van der Waals surface area contributed by atoms with E-state index in [2.05, 4.69) is 45.1 Å². The van der Waals surface area contributed by atoms with Crippen molar-refractivity contribution in [3.05, 3.63) is 28.8 Å². The molecule has 0 bridgehead atoms. The van der Waals surface area contributed by atoms with Crippen LogP contribution in [0.5, 0.6) is 5.75 Å². The van der Waals surface area contributed by atoms with Crippen LogP contribution in [0.3, 0.4) is 0 Å². The van der Waals surface area contributed by atoms with Crippen molar-refractivity contribution in [2.24, 2.45) is 5.92 Å². The molecule has 0 spiro atoms. The lowest BCUT2D eigenvalue weighted by Gasteiger charge is -2.31. The van der Waals surface area contributed by atoms with Gasteiger partial charge < -0.3 is 10.1 Å². The maximum atomic E-state index is 6.20. The Morgan fingerprint density at radius 2 is 1.86 bits per heavy atom. The lowest BCUT2D eigenvalue weighted by molar-refractivity contribution is 0.187. The van der Waals surface area contributed by atoms with Crippen LogP contribution >= 0.6 is 0 Å². The van der Waals surface area contributed by atoms with Crippen molar-refractivity contribution in [2.45, 2.75) is 65.8 Å². The molecule has 0 amide bonds. The summed E-state index contributed by atoms with van der Waals surface area (Å²) in [5.74, 6) is 1.84. The van der Waals surface area contributed by atoms with Crippen LogP contribution in [-0.4, -0.2) is 19.2 Å². The third kappa shape index (κ3) is 4.47. The summed E-state index contributed by atoms with van der Waals surface area (Å²) in [6.45, 7) is 10.5. The van der Waals surface area contributed by atoms with Gasteiger partial charge in [0.25, 0.3) is 0 Å². The molecule has 21 heavy (non-hydrogen) atoms. The highest BCUT2D eigenvalue weighted by Gasteiger charge is 2.23. The van der Waals surface area contributed by atoms with Crippen molar-refractivity contribution in [1.82, 2.24) is 5.32 Å². The molecular weight excluding hydrogens is 258 g/mol. The standard InChI is InChI=1S/C19H31NO/c1-5-20-18(17-9-7-6-8-10-17)13-21-19-12-14(2)11-15(3)16(19)4/h11-12,17-18,20H,5-10,13H2,1-4H3. The fraction of sp³-hybridized carbons (Fsp3) is 0.684. The van der Waals surface area contributed by atoms with Crippen molar-refractivity contribution < 1.29 is 4.74 Å². The quantitative estimate of drug-likeness (QED) is 0.829. The Morgan fingerprint density at radius 3 is 2.52 bits per heavy atom. The van der Waals surface area contributed by atoms with E-state index in [1.54, 1.807) is 0 Å². The molecule has 2 rings (SSSR count). The molecule has 0 saturated heterocycles. The molecule has 1 N–H and O–H groups in total. The number of hydrogen-bond acceptors (Lipinski definition) is 2. The molecule has 1 unspecified atom stereocenters. The van der Waals surface area contributed by atoms with Gasteiger partial charge >= 0.3 is 0 Å². The lowest BCUT2D eigenvalue weighted by atomic mass is 9.84. The second-order valence-corrected chi connectivity index (χ2v) is 6.58. The van der Waals surface area contributed by atoms with Crippen LogP contribution < -0.4 is 10.1 Å². The van der Waals surface area contributed by atoms with Crippen molar-refractivity contribution in [3.8, 4) is 5.75 Å². The maximum Gasteiger partial charge on any atom is 0.122 e. The average molecular weight is 289 g/mol. The third-order valence-corrected chi connectivity index (χ3v) is 4.87. The van der Waals surface area contributed by atoms with Crippen LogP contribution in [0.4, 0.5) is 0 Å². The van der Waals surface area contributed by atoms with E-state index in [4.69, 9.17) is 4.74 Å². The van der Waals surface area contributed by atoms with Crippen LogP contribution in [-0.2, 0) is 0 Å². The molecule has 2 heteroatoms. The molecule has 1 aliphatic rings. The number of aryl methyl sites for hydroxylation is 2. The summed E-state index contributed by atoms with van der Waals surface area (Å²) in [7, 11) is 0. The van der Waals surface area contributed by atoms with E-state index in [1.807, 2.05) is 0 Å². The number of ether oxygens (including phenoxy) is 1. The molecule has 0 aromatic heterocycles. The van der Waals surface area contributed by atoms with Crippen LogP contribution in [0.25, 0.3) is 0 Å². The van der Waals surface area contributed by atoms with E-state index in [0.29, 0.717) is 6.04 Å². The van der Waals surface area contributed by atoms with Gasteiger partial charge in [0.15, 0.2) is 0 Å². The average Bonchev–Trinajstić information content (AvgIpc) is 2.49. The minimum absolute atomic E-state index is 0.496. The molecule has 1 aromatic rings. The summed E-state index contributed by atoms with van der Waals surface area (Å²) >= 11 is 0. The van der Waals surface area contributed by atoms with Crippen molar-refractivity contribution in [2.75, 3.05) is 13.2 Å². The fourth-order valence-corrected chi connectivity index (χ4v) is 3.49. The van der Waals surface area contributed by atoms with Gasteiger partial charge in [-0.15, -0.1) is 0 Å². The van der Waals surface area contributed by atoms with Gasteiger partial charge in [-0.3, -0.25) is 0 Å². The lowest BCUT2D eigenvalue weighted by Crippen LogP contribution is -2.41. The van der Waals surface area contributed by atoms with Gasteiger partial charge in [-0.2, -0.15) is 0 Å². The zero-order chi connectivity index (χ0) is 15.2. The molecule has 1 fully saturated rings. The Labute approximate surface area is 130 Å². The highest BCUT2D eigenvalue weighted by atomic mass is 16.5. The zero-order valence-corrected chi connectivity index (χ0v) is 14.2. The van der Waals surface area contributed by atoms with Crippen LogP contribution in [0, 0.1) is 26.7 Å². The summed E-state index contributed by atoms with van der Waals surface area (Å²) in [5, 5.41) is 3.65. The Kier molecular flexibility index (Phi) is 6.10. The minimum atomic E-state index is 0.496. The maximum absolute atomic E-state index is 6.20. The van der Waals surface area contributed by atoms with Crippen molar-refractivity contribution in [1.29, 1.82) is 0 Å². The molecule has 0 heterocycles. The summed E-state index contributed by atoms with van der Waals surface area (Å²) in [6, 6.07) is 4.90. The topological polar surface area (TPSA) is 21.3 Å². The minimum Gasteiger partial charge on any atom is -0.492 e. The summed E-state index contributed by atoms with van der Waals surface area (Å²) < 4.78 is 6.20. The molecule has 0 radical (unpaired) electrons. The van der Waals surface area contributed by atoms with Gasteiger partial charge in [-0.1, -0.05) is 32.3 Å². The first-order valence-corrected chi connectivity index (χ1v) is 8.55. The Morgan fingerprint density at radius 1 is 1.14 bits per heavy atom. The summed E-state index contributed by atoms with van der Waals surface area (Å²) in [5.41, 5.74) is 3.88. The predicted molar refractivity (Wildman–Crippen MR) is 90.2 cm³/mol. The number of rotatable bonds is 6. The highest BCUT2D eigenvalue weighted by Crippen LogP contribution is 2.28. The second kappa shape index (κ2) is 7.84. The highest BCUT2D eigenvalue weighted by molar-refractivity contribution is 5.41. The molecule has 1 aliphatic carbocycles. The number of nitrogens with one attached hydrogen (secondary N) is 1. The Bertz CT molecular complexity index is 449. The largest absolute Gasteiger partial charge is 0.492 e. The van der Waals surface area contributed by atoms with E-state index < -0.39 is 0 Å². The molecule has 0 aliphatic heterocycles. The van der Waals surface area contributed by atoms with E-state index in [1.165, 1.54) is 48.8 Å². The first-order chi connectivity index (χ1) is 10.1. The van der Waals surface area contributed by atoms with Crippen molar-refractivity contribution >= 4 is 0 Å². The van der Waals surface area contributed by atoms with Gasteiger partial charge in [0.1, 0.15) is 12.4 Å². The fourth-order valence-electron chi connectivity index (χ4n) is 3.49. The molecule has 1 atom stereocenters. The monoisotopic (exact) mass is 289 g/mol. The van der Waals surface area contributed by atoms with Gasteiger partial charge in [0.05, 0.1) is 0 Å². The number of hydrogen-bond donors (Lipinski definition) is 1. The van der Waals surface area contributed by atoms with E-state index in [-0.39, 0.29) is 0 Å². The summed E-state index contributed by atoms with van der Waals surface area (Å²) in [6.07, 6.45) is 6.89. The molecule has 1 saturated carbocycles. The normalized spacial score (nSPS) is 17.7. The zero-order valence-electron chi connectivity index (χ0n) is 14.2. The third-order valence-electron chi connectivity index (χ3n) is 4.87. The second-order valence-electron chi connectivity index (χ2n) is 6.58.